The normalized spacial score (nSPS) is 13.0. The molecule has 0 bridgehead atoms. The predicted octanol–water partition coefficient (Wildman–Crippen LogP) is 2.67. The van der Waals surface area contributed by atoms with Crippen molar-refractivity contribution in [1.29, 1.82) is 0 Å². The fraction of sp³-hybridized carbons (Fsp3) is 0.143. The summed E-state index contributed by atoms with van der Waals surface area (Å²) in [6.45, 7) is 4.71. The van der Waals surface area contributed by atoms with Gasteiger partial charge in [-0.15, -0.1) is 0 Å². The largest absolute Gasteiger partial charge is 0.319 e. The molecule has 5 heteroatoms. The minimum atomic E-state index is -0.173. The molecule has 0 aliphatic carbocycles. The fourth-order valence-electron chi connectivity index (χ4n) is 3.43. The SMILES string of the molecule is Cc1ccc(C)n1-c1ccc(C(=O)N[N+]2=C(N)c3ccccc3C2)cc1. The highest BCUT2D eigenvalue weighted by atomic mass is 16.2. The molecule has 2 heterocycles. The van der Waals surface area contributed by atoms with Gasteiger partial charge < -0.3 is 4.57 Å². The van der Waals surface area contributed by atoms with Gasteiger partial charge in [0.2, 0.25) is 0 Å². The third-order valence-corrected chi connectivity index (χ3v) is 4.81. The number of hydrazone groups is 1. The number of aryl methyl sites for hydroxylation is 2. The summed E-state index contributed by atoms with van der Waals surface area (Å²) in [5.74, 6) is 0.400. The highest BCUT2D eigenvalue weighted by Crippen LogP contribution is 2.18. The average Bonchev–Trinajstić information content (AvgIpc) is 3.15. The van der Waals surface area contributed by atoms with Crippen LogP contribution in [-0.4, -0.2) is 21.0 Å². The van der Waals surface area contributed by atoms with Gasteiger partial charge in [-0.1, -0.05) is 18.2 Å². The van der Waals surface area contributed by atoms with Gasteiger partial charge in [-0.2, -0.15) is 10.1 Å². The van der Waals surface area contributed by atoms with Gasteiger partial charge in [-0.05, 0) is 56.3 Å². The van der Waals surface area contributed by atoms with Gasteiger partial charge in [-0.25, -0.2) is 0 Å². The zero-order valence-electron chi connectivity index (χ0n) is 14.9. The number of nitrogens with zero attached hydrogens (tertiary/aromatic N) is 2. The number of carbonyl (C=O) groups is 1. The Morgan fingerprint density at radius 3 is 2.31 bits per heavy atom. The molecular formula is C21H21N4O+. The van der Waals surface area contributed by atoms with Crippen molar-refractivity contribution in [3.05, 3.63) is 88.7 Å². The summed E-state index contributed by atoms with van der Waals surface area (Å²) in [7, 11) is 0. The third-order valence-electron chi connectivity index (χ3n) is 4.81. The lowest BCUT2D eigenvalue weighted by Crippen LogP contribution is -2.38. The van der Waals surface area contributed by atoms with Crippen molar-refractivity contribution in [2.45, 2.75) is 20.4 Å². The van der Waals surface area contributed by atoms with Gasteiger partial charge in [-0.3, -0.25) is 10.5 Å². The number of rotatable bonds is 3. The van der Waals surface area contributed by atoms with Crippen LogP contribution in [0.5, 0.6) is 0 Å². The lowest BCUT2D eigenvalue weighted by Gasteiger charge is -2.10. The second-order valence-corrected chi connectivity index (χ2v) is 6.57. The van der Waals surface area contributed by atoms with Crippen LogP contribution in [-0.2, 0) is 6.54 Å². The maximum Gasteiger partial charge on any atom is 0.299 e. The zero-order valence-corrected chi connectivity index (χ0v) is 14.9. The molecule has 2 aromatic carbocycles. The third kappa shape index (κ3) is 2.67. The molecule has 3 N–H and O–H groups in total. The Balaban J connectivity index is 1.54. The van der Waals surface area contributed by atoms with Gasteiger partial charge in [0.1, 0.15) is 6.54 Å². The molecule has 0 spiro atoms. The number of hydrogen-bond acceptors (Lipinski definition) is 2. The van der Waals surface area contributed by atoms with Crippen molar-refractivity contribution in [2.75, 3.05) is 0 Å². The van der Waals surface area contributed by atoms with E-state index >= 15 is 0 Å². The number of nitrogens with two attached hydrogens (primary N) is 1. The van der Waals surface area contributed by atoms with E-state index in [0.717, 1.165) is 28.2 Å². The van der Waals surface area contributed by atoms with Gasteiger partial charge in [0.15, 0.2) is 0 Å². The van der Waals surface area contributed by atoms with Crippen LogP contribution in [0.3, 0.4) is 0 Å². The number of fused-ring (bicyclic) bond motifs is 1. The smallest absolute Gasteiger partial charge is 0.299 e. The maximum absolute atomic E-state index is 12.6. The first-order valence-electron chi connectivity index (χ1n) is 8.59. The molecule has 0 radical (unpaired) electrons. The maximum atomic E-state index is 12.6. The van der Waals surface area contributed by atoms with Crippen molar-refractivity contribution in [2.24, 2.45) is 5.73 Å². The summed E-state index contributed by atoms with van der Waals surface area (Å²) in [6.07, 6.45) is 0. The lowest BCUT2D eigenvalue weighted by molar-refractivity contribution is -0.584. The molecule has 0 atom stereocenters. The first-order chi connectivity index (χ1) is 12.5. The van der Waals surface area contributed by atoms with E-state index in [0.29, 0.717) is 17.9 Å². The molecule has 1 aliphatic heterocycles. The summed E-state index contributed by atoms with van der Waals surface area (Å²) in [4.78, 5) is 12.6. The van der Waals surface area contributed by atoms with Crippen LogP contribution in [0.4, 0.5) is 0 Å². The van der Waals surface area contributed by atoms with Crippen molar-refractivity contribution in [3.63, 3.8) is 0 Å². The van der Waals surface area contributed by atoms with E-state index in [9.17, 15) is 4.79 Å². The molecule has 1 aromatic heterocycles. The number of benzene rings is 2. The van der Waals surface area contributed by atoms with Crippen LogP contribution in [0.15, 0.2) is 60.7 Å². The quantitative estimate of drug-likeness (QED) is 0.717. The van der Waals surface area contributed by atoms with Crippen LogP contribution >= 0.6 is 0 Å². The molecule has 130 valence electrons. The second-order valence-electron chi connectivity index (χ2n) is 6.57. The Labute approximate surface area is 152 Å². The van der Waals surface area contributed by atoms with Gasteiger partial charge >= 0.3 is 0 Å². The molecule has 0 unspecified atom stereocenters. The number of hydrogen-bond donors (Lipinski definition) is 2. The van der Waals surface area contributed by atoms with Crippen LogP contribution in [0.25, 0.3) is 5.69 Å². The van der Waals surface area contributed by atoms with Crippen molar-refractivity contribution in [3.8, 4) is 5.69 Å². The Bertz CT molecular complexity index is 1010. The molecular weight excluding hydrogens is 324 g/mol. The van der Waals surface area contributed by atoms with Crippen molar-refractivity contribution < 1.29 is 9.48 Å². The Morgan fingerprint density at radius 2 is 1.65 bits per heavy atom. The Kier molecular flexibility index (Phi) is 3.84. The minimum absolute atomic E-state index is 0.173. The molecule has 3 aromatic rings. The molecule has 4 rings (SSSR count). The van der Waals surface area contributed by atoms with E-state index in [-0.39, 0.29) is 5.91 Å². The van der Waals surface area contributed by atoms with E-state index in [2.05, 4.69) is 36.0 Å². The van der Waals surface area contributed by atoms with E-state index in [4.69, 9.17) is 5.73 Å². The van der Waals surface area contributed by atoms with E-state index in [1.165, 1.54) is 0 Å². The zero-order chi connectivity index (χ0) is 18.3. The number of nitrogens with one attached hydrogen (secondary N) is 1. The molecule has 0 fully saturated rings. The van der Waals surface area contributed by atoms with Crippen LogP contribution in [0.1, 0.15) is 32.9 Å². The standard InChI is InChI=1S/C21H20N4O/c1-14-7-8-15(2)25(14)18-11-9-16(10-12-18)21(26)23-24-13-17-5-3-4-6-19(17)20(24)22/h3-12,22H,13H2,1-2H3,(H,23,26)/p+1. The van der Waals surface area contributed by atoms with Crippen LogP contribution in [0, 0.1) is 13.8 Å². The van der Waals surface area contributed by atoms with Gasteiger partial charge in [0.25, 0.3) is 11.7 Å². The summed E-state index contributed by atoms with van der Waals surface area (Å²) in [6, 6.07) is 19.7. The van der Waals surface area contributed by atoms with E-state index < -0.39 is 0 Å². The van der Waals surface area contributed by atoms with Crippen LogP contribution in [0.2, 0.25) is 0 Å². The summed E-state index contributed by atoms with van der Waals surface area (Å²) in [5.41, 5.74) is 15.1. The van der Waals surface area contributed by atoms with Crippen LogP contribution < -0.4 is 11.2 Å². The molecule has 0 saturated carbocycles. The number of hydrazine groups is 1. The first-order valence-corrected chi connectivity index (χ1v) is 8.59. The number of amidine groups is 1. The second kappa shape index (κ2) is 6.19. The van der Waals surface area contributed by atoms with Gasteiger partial charge in [0.05, 0.1) is 5.56 Å². The average molecular weight is 345 g/mol. The molecule has 26 heavy (non-hydrogen) atoms. The summed E-state index contributed by atoms with van der Waals surface area (Å²) in [5, 5.41) is 0. The predicted molar refractivity (Wildman–Crippen MR) is 101 cm³/mol. The Hall–Kier alpha value is -3.34. The highest BCUT2D eigenvalue weighted by Gasteiger charge is 2.26. The molecule has 1 aliphatic rings. The minimum Gasteiger partial charge on any atom is -0.319 e. The topological polar surface area (TPSA) is 63.1 Å². The summed E-state index contributed by atoms with van der Waals surface area (Å²) >= 11 is 0. The fourth-order valence-corrected chi connectivity index (χ4v) is 3.43. The van der Waals surface area contributed by atoms with E-state index in [1.54, 1.807) is 4.68 Å². The Morgan fingerprint density at radius 1 is 1.00 bits per heavy atom. The van der Waals surface area contributed by atoms with Gasteiger partial charge in [0, 0.05) is 28.2 Å². The van der Waals surface area contributed by atoms with Crippen molar-refractivity contribution in [1.82, 2.24) is 9.99 Å². The molecule has 5 nitrogen and oxygen atoms in total. The highest BCUT2D eigenvalue weighted by molar-refractivity contribution is 5.98. The lowest BCUT2D eigenvalue weighted by atomic mass is 10.1. The molecule has 1 amide bonds. The number of aromatic nitrogens is 1. The molecule has 0 saturated heterocycles. The number of carbonyl (C=O) groups excluding carboxylic acids is 1. The monoisotopic (exact) mass is 345 g/mol. The van der Waals surface area contributed by atoms with E-state index in [1.807, 2.05) is 48.5 Å². The first kappa shape index (κ1) is 16.1. The van der Waals surface area contributed by atoms with Crippen molar-refractivity contribution >= 4 is 11.7 Å². The number of amides is 1. The summed E-state index contributed by atoms with van der Waals surface area (Å²) < 4.78 is 3.85.